The third kappa shape index (κ3) is 2.55. The summed E-state index contributed by atoms with van der Waals surface area (Å²) in [4.78, 5) is 6.73. The Morgan fingerprint density at radius 3 is 3.19 bits per heavy atom. The molecule has 1 saturated heterocycles. The molecule has 2 rings (SSSR count). The van der Waals surface area contributed by atoms with Crippen LogP contribution >= 0.6 is 11.6 Å². The zero-order valence-electron chi connectivity index (χ0n) is 9.82. The van der Waals surface area contributed by atoms with E-state index >= 15 is 0 Å². The molecule has 2 nitrogen and oxygen atoms in total. The van der Waals surface area contributed by atoms with Crippen LogP contribution in [-0.4, -0.2) is 23.0 Å². The molecule has 0 bridgehead atoms. The number of hydrogen-bond acceptors (Lipinski definition) is 2. The zero-order chi connectivity index (χ0) is 11.4. The van der Waals surface area contributed by atoms with Gasteiger partial charge in [-0.05, 0) is 38.4 Å². The fourth-order valence-corrected chi connectivity index (χ4v) is 2.70. The molecule has 1 aromatic rings. The summed E-state index contributed by atoms with van der Waals surface area (Å²) in [5.74, 6) is 0. The molecule has 3 heteroatoms. The highest BCUT2D eigenvalue weighted by atomic mass is 35.5. The Balaban J connectivity index is 2.10. The number of halogens is 1. The normalized spacial score (nSPS) is 21.5. The van der Waals surface area contributed by atoms with Crippen molar-refractivity contribution in [3.63, 3.8) is 0 Å². The van der Waals surface area contributed by atoms with Crippen LogP contribution in [0.1, 0.15) is 44.2 Å². The van der Waals surface area contributed by atoms with E-state index in [1.54, 1.807) is 6.20 Å². The van der Waals surface area contributed by atoms with Crippen LogP contribution in [0, 0.1) is 0 Å². The van der Waals surface area contributed by atoms with Crippen molar-refractivity contribution in [3.8, 4) is 0 Å². The number of pyridine rings is 1. The Morgan fingerprint density at radius 1 is 1.56 bits per heavy atom. The molecule has 16 heavy (non-hydrogen) atoms. The zero-order valence-corrected chi connectivity index (χ0v) is 10.6. The standard InChI is InChI=1S/C13H19ClN2/c1-2-3-9-16-10-5-7-12(16)11-6-4-8-15-13(11)14/h4,6,8,12H,2-3,5,7,9-10H2,1H3/t12-/m0/s1. The number of hydrogen-bond donors (Lipinski definition) is 0. The number of aromatic nitrogens is 1. The molecular formula is C13H19ClN2. The van der Waals surface area contributed by atoms with Gasteiger partial charge in [0.25, 0.3) is 0 Å². The summed E-state index contributed by atoms with van der Waals surface area (Å²) in [7, 11) is 0. The highest BCUT2D eigenvalue weighted by Gasteiger charge is 2.26. The first kappa shape index (κ1) is 11.9. The third-order valence-electron chi connectivity index (χ3n) is 3.31. The first-order chi connectivity index (χ1) is 7.83. The van der Waals surface area contributed by atoms with Gasteiger partial charge in [0, 0.05) is 17.8 Å². The Labute approximate surface area is 103 Å². The Bertz CT molecular complexity index is 340. The maximum absolute atomic E-state index is 6.17. The molecule has 0 saturated carbocycles. The van der Waals surface area contributed by atoms with Crippen molar-refractivity contribution in [2.24, 2.45) is 0 Å². The molecule has 88 valence electrons. The second-order valence-corrected chi connectivity index (χ2v) is 4.79. The fraction of sp³-hybridized carbons (Fsp3) is 0.615. The van der Waals surface area contributed by atoms with E-state index in [1.165, 1.54) is 44.3 Å². The van der Waals surface area contributed by atoms with Gasteiger partial charge in [-0.2, -0.15) is 0 Å². The average molecular weight is 239 g/mol. The number of nitrogens with zero attached hydrogens (tertiary/aromatic N) is 2. The van der Waals surface area contributed by atoms with Gasteiger partial charge in [0.15, 0.2) is 0 Å². The quantitative estimate of drug-likeness (QED) is 0.744. The Hall–Kier alpha value is -0.600. The summed E-state index contributed by atoms with van der Waals surface area (Å²) in [6.45, 7) is 4.63. The molecule has 0 spiro atoms. The summed E-state index contributed by atoms with van der Waals surface area (Å²) >= 11 is 6.17. The van der Waals surface area contributed by atoms with Crippen LogP contribution in [0.25, 0.3) is 0 Å². The first-order valence-electron chi connectivity index (χ1n) is 6.17. The minimum Gasteiger partial charge on any atom is -0.296 e. The lowest BCUT2D eigenvalue weighted by molar-refractivity contribution is 0.253. The van der Waals surface area contributed by atoms with Crippen LogP contribution in [-0.2, 0) is 0 Å². The lowest BCUT2D eigenvalue weighted by atomic mass is 10.1. The summed E-state index contributed by atoms with van der Waals surface area (Å²) < 4.78 is 0. The van der Waals surface area contributed by atoms with Gasteiger partial charge in [0.1, 0.15) is 5.15 Å². The van der Waals surface area contributed by atoms with Crippen LogP contribution in [0.4, 0.5) is 0 Å². The summed E-state index contributed by atoms with van der Waals surface area (Å²) in [5.41, 5.74) is 1.21. The molecular weight excluding hydrogens is 220 g/mol. The van der Waals surface area contributed by atoms with Gasteiger partial charge in [0.05, 0.1) is 0 Å². The van der Waals surface area contributed by atoms with Crippen molar-refractivity contribution in [2.75, 3.05) is 13.1 Å². The Kier molecular flexibility index (Phi) is 4.19. The summed E-state index contributed by atoms with van der Waals surface area (Å²) in [6.07, 6.45) is 6.78. The lowest BCUT2D eigenvalue weighted by Crippen LogP contribution is -2.24. The van der Waals surface area contributed by atoms with E-state index in [-0.39, 0.29) is 0 Å². The molecule has 0 unspecified atom stereocenters. The van der Waals surface area contributed by atoms with E-state index < -0.39 is 0 Å². The number of unbranched alkanes of at least 4 members (excludes halogenated alkanes) is 1. The van der Waals surface area contributed by atoms with E-state index in [2.05, 4.69) is 22.9 Å². The van der Waals surface area contributed by atoms with E-state index in [0.29, 0.717) is 11.2 Å². The van der Waals surface area contributed by atoms with Crippen LogP contribution in [0.5, 0.6) is 0 Å². The molecule has 0 radical (unpaired) electrons. The third-order valence-corrected chi connectivity index (χ3v) is 3.63. The van der Waals surface area contributed by atoms with Crippen LogP contribution in [0.2, 0.25) is 5.15 Å². The second-order valence-electron chi connectivity index (χ2n) is 4.43. The van der Waals surface area contributed by atoms with Crippen LogP contribution in [0.3, 0.4) is 0 Å². The van der Waals surface area contributed by atoms with Crippen molar-refractivity contribution in [1.29, 1.82) is 0 Å². The minimum absolute atomic E-state index is 0.493. The van der Waals surface area contributed by atoms with Gasteiger partial charge in [-0.25, -0.2) is 4.98 Å². The molecule has 1 atom stereocenters. The molecule has 0 amide bonds. The van der Waals surface area contributed by atoms with Gasteiger partial charge >= 0.3 is 0 Å². The van der Waals surface area contributed by atoms with Gasteiger partial charge in [-0.1, -0.05) is 31.0 Å². The van der Waals surface area contributed by atoms with Crippen molar-refractivity contribution < 1.29 is 0 Å². The number of likely N-dealkylation sites (tertiary alicyclic amines) is 1. The topological polar surface area (TPSA) is 16.1 Å². The Morgan fingerprint density at radius 2 is 2.44 bits per heavy atom. The summed E-state index contributed by atoms with van der Waals surface area (Å²) in [5, 5.41) is 0.677. The molecule has 0 aromatic carbocycles. The van der Waals surface area contributed by atoms with Crippen molar-refractivity contribution in [2.45, 2.75) is 38.6 Å². The van der Waals surface area contributed by atoms with Crippen molar-refractivity contribution in [1.82, 2.24) is 9.88 Å². The second kappa shape index (κ2) is 5.65. The van der Waals surface area contributed by atoms with Gasteiger partial charge in [-0.3, -0.25) is 4.90 Å². The average Bonchev–Trinajstić information content (AvgIpc) is 2.75. The fourth-order valence-electron chi connectivity index (χ4n) is 2.45. The molecule has 1 fully saturated rings. The predicted octanol–water partition coefficient (Wildman–Crippen LogP) is 3.67. The van der Waals surface area contributed by atoms with E-state index in [4.69, 9.17) is 11.6 Å². The smallest absolute Gasteiger partial charge is 0.133 e. The van der Waals surface area contributed by atoms with Gasteiger partial charge < -0.3 is 0 Å². The molecule has 2 heterocycles. The van der Waals surface area contributed by atoms with Gasteiger partial charge in [0.2, 0.25) is 0 Å². The number of rotatable bonds is 4. The maximum Gasteiger partial charge on any atom is 0.133 e. The SMILES string of the molecule is CCCCN1CCC[C@H]1c1cccnc1Cl. The van der Waals surface area contributed by atoms with E-state index in [0.717, 1.165) is 0 Å². The molecule has 1 aliphatic rings. The molecule has 0 N–H and O–H groups in total. The predicted molar refractivity (Wildman–Crippen MR) is 67.7 cm³/mol. The highest BCUT2D eigenvalue weighted by molar-refractivity contribution is 6.30. The molecule has 1 aromatic heterocycles. The van der Waals surface area contributed by atoms with Crippen molar-refractivity contribution >= 4 is 11.6 Å². The van der Waals surface area contributed by atoms with Gasteiger partial charge in [-0.15, -0.1) is 0 Å². The lowest BCUT2D eigenvalue weighted by Gasteiger charge is -2.24. The highest BCUT2D eigenvalue weighted by Crippen LogP contribution is 2.34. The van der Waals surface area contributed by atoms with Crippen LogP contribution < -0.4 is 0 Å². The maximum atomic E-state index is 6.17. The summed E-state index contributed by atoms with van der Waals surface area (Å²) in [6, 6.07) is 4.59. The largest absolute Gasteiger partial charge is 0.296 e. The van der Waals surface area contributed by atoms with Crippen molar-refractivity contribution in [3.05, 3.63) is 29.0 Å². The molecule has 1 aliphatic heterocycles. The molecule has 0 aliphatic carbocycles. The minimum atomic E-state index is 0.493. The monoisotopic (exact) mass is 238 g/mol. The van der Waals surface area contributed by atoms with E-state index in [9.17, 15) is 0 Å². The van der Waals surface area contributed by atoms with E-state index in [1.807, 2.05) is 6.07 Å². The van der Waals surface area contributed by atoms with Crippen LogP contribution in [0.15, 0.2) is 18.3 Å². The first-order valence-corrected chi connectivity index (χ1v) is 6.55.